The second-order valence-corrected chi connectivity index (χ2v) is 6.89. The molecule has 0 bridgehead atoms. The third-order valence-corrected chi connectivity index (χ3v) is 5.27. The first-order valence-corrected chi connectivity index (χ1v) is 8.62. The van der Waals surface area contributed by atoms with Crippen molar-refractivity contribution in [1.82, 2.24) is 15.5 Å². The second kappa shape index (κ2) is 7.79. The molecule has 1 aromatic rings. The maximum Gasteiger partial charge on any atom is 0.251 e. The highest BCUT2D eigenvalue weighted by Gasteiger charge is 2.31. The molecule has 2 N–H and O–H groups in total. The van der Waals surface area contributed by atoms with Gasteiger partial charge < -0.3 is 10.6 Å². The summed E-state index contributed by atoms with van der Waals surface area (Å²) < 4.78 is 0. The lowest BCUT2D eigenvalue weighted by Gasteiger charge is -2.25. The van der Waals surface area contributed by atoms with Crippen LogP contribution in [0.25, 0.3) is 0 Å². The van der Waals surface area contributed by atoms with Crippen LogP contribution in [0.15, 0.2) is 12.1 Å². The van der Waals surface area contributed by atoms with Crippen molar-refractivity contribution in [1.29, 1.82) is 0 Å². The summed E-state index contributed by atoms with van der Waals surface area (Å²) in [7, 11) is 3.71. The Balaban J connectivity index is 1.93. The molecule has 24 heavy (non-hydrogen) atoms. The fourth-order valence-electron chi connectivity index (χ4n) is 3.41. The van der Waals surface area contributed by atoms with Crippen molar-refractivity contribution in [2.75, 3.05) is 20.6 Å². The quantitative estimate of drug-likeness (QED) is 0.867. The largest absolute Gasteiger partial charge is 0.359 e. The molecule has 1 heterocycles. The topological polar surface area (TPSA) is 61.4 Å². The fraction of sp³-hybridized carbons (Fsp3) is 0.579. The Labute approximate surface area is 144 Å². The highest BCUT2D eigenvalue weighted by molar-refractivity contribution is 5.96. The van der Waals surface area contributed by atoms with Crippen molar-refractivity contribution >= 4 is 11.8 Å². The number of rotatable bonds is 5. The van der Waals surface area contributed by atoms with Crippen molar-refractivity contribution < 1.29 is 9.59 Å². The highest BCUT2D eigenvalue weighted by atomic mass is 16.2. The van der Waals surface area contributed by atoms with Gasteiger partial charge in [-0.1, -0.05) is 6.07 Å². The molecule has 0 radical (unpaired) electrons. The maximum atomic E-state index is 12.5. The van der Waals surface area contributed by atoms with Gasteiger partial charge in [-0.05, 0) is 63.4 Å². The van der Waals surface area contributed by atoms with E-state index in [-0.39, 0.29) is 23.9 Å². The van der Waals surface area contributed by atoms with Crippen molar-refractivity contribution in [2.24, 2.45) is 0 Å². The van der Waals surface area contributed by atoms with Gasteiger partial charge in [0.25, 0.3) is 5.91 Å². The molecule has 0 spiro atoms. The Bertz CT molecular complexity index is 627. The Kier molecular flexibility index (Phi) is 5.99. The van der Waals surface area contributed by atoms with Crippen LogP contribution in [0.4, 0.5) is 0 Å². The molecule has 1 saturated heterocycles. The summed E-state index contributed by atoms with van der Waals surface area (Å²) >= 11 is 0. The molecule has 0 aliphatic carbocycles. The summed E-state index contributed by atoms with van der Waals surface area (Å²) in [5.74, 6) is 0.0565. The van der Waals surface area contributed by atoms with Gasteiger partial charge in [-0.2, -0.15) is 0 Å². The standard InChI is InChI=1S/C19H29N3O2/c1-12-8-14(3)17(9-13(12)2)19(24)21-11-16-7-6-15(22(16)5)10-18(23)20-4/h8-9,15-16H,6-7,10-11H2,1-5H3,(H,20,23)(H,21,24)/t15-,16+/m1/s1. The first kappa shape index (κ1) is 18.5. The summed E-state index contributed by atoms with van der Waals surface area (Å²) in [4.78, 5) is 26.3. The van der Waals surface area contributed by atoms with Crippen LogP contribution in [0.1, 0.15) is 46.3 Å². The number of benzene rings is 1. The molecule has 0 saturated carbocycles. The minimum absolute atomic E-state index is 0.0150. The lowest BCUT2D eigenvalue weighted by Crippen LogP contribution is -2.42. The van der Waals surface area contributed by atoms with Gasteiger partial charge >= 0.3 is 0 Å². The van der Waals surface area contributed by atoms with E-state index in [9.17, 15) is 9.59 Å². The van der Waals surface area contributed by atoms with E-state index in [1.165, 1.54) is 5.56 Å². The first-order chi connectivity index (χ1) is 11.3. The molecular weight excluding hydrogens is 302 g/mol. The Morgan fingerprint density at radius 3 is 2.38 bits per heavy atom. The monoisotopic (exact) mass is 331 g/mol. The second-order valence-electron chi connectivity index (χ2n) is 6.89. The molecule has 1 aliphatic heterocycles. The van der Waals surface area contributed by atoms with E-state index in [1.807, 2.05) is 27.0 Å². The van der Waals surface area contributed by atoms with Gasteiger partial charge in [0.05, 0.1) is 0 Å². The zero-order valence-corrected chi connectivity index (χ0v) is 15.4. The lowest BCUT2D eigenvalue weighted by molar-refractivity contribution is -0.121. The fourth-order valence-corrected chi connectivity index (χ4v) is 3.41. The van der Waals surface area contributed by atoms with Gasteiger partial charge in [0.1, 0.15) is 0 Å². The number of hydrogen-bond acceptors (Lipinski definition) is 3. The predicted octanol–water partition coefficient (Wildman–Crippen LogP) is 1.94. The molecular formula is C19H29N3O2. The number of likely N-dealkylation sites (N-methyl/N-ethyl adjacent to an activating group) is 1. The van der Waals surface area contributed by atoms with Crippen LogP contribution in [0, 0.1) is 20.8 Å². The van der Waals surface area contributed by atoms with E-state index >= 15 is 0 Å². The van der Waals surface area contributed by atoms with Gasteiger partial charge in [-0.15, -0.1) is 0 Å². The van der Waals surface area contributed by atoms with E-state index < -0.39 is 0 Å². The van der Waals surface area contributed by atoms with Crippen LogP contribution in [0.2, 0.25) is 0 Å². The number of nitrogens with zero attached hydrogens (tertiary/aromatic N) is 1. The third-order valence-electron chi connectivity index (χ3n) is 5.27. The first-order valence-electron chi connectivity index (χ1n) is 8.62. The molecule has 5 heteroatoms. The smallest absolute Gasteiger partial charge is 0.251 e. The minimum Gasteiger partial charge on any atom is -0.359 e. The van der Waals surface area contributed by atoms with Crippen LogP contribution in [-0.4, -0.2) is 49.4 Å². The Morgan fingerprint density at radius 2 is 1.71 bits per heavy atom. The summed E-state index contributed by atoms with van der Waals surface area (Å²) in [5, 5.41) is 5.75. The van der Waals surface area contributed by atoms with Crippen LogP contribution >= 0.6 is 0 Å². The molecule has 5 nitrogen and oxygen atoms in total. The number of carbonyl (C=O) groups excluding carboxylic acids is 2. The number of likely N-dealkylation sites (tertiary alicyclic amines) is 1. The van der Waals surface area contributed by atoms with Crippen molar-refractivity contribution in [3.63, 3.8) is 0 Å². The summed E-state index contributed by atoms with van der Waals surface area (Å²) in [5.41, 5.74) is 4.10. The average Bonchev–Trinajstić information content (AvgIpc) is 2.88. The molecule has 2 atom stereocenters. The molecule has 2 rings (SSSR count). The van der Waals surface area contributed by atoms with E-state index in [1.54, 1.807) is 7.05 Å². The van der Waals surface area contributed by atoms with Gasteiger partial charge in [-0.25, -0.2) is 0 Å². The molecule has 1 fully saturated rings. The van der Waals surface area contributed by atoms with Crippen molar-refractivity contribution in [3.05, 3.63) is 34.4 Å². The zero-order chi connectivity index (χ0) is 17.9. The molecule has 1 aliphatic rings. The van der Waals surface area contributed by atoms with Gasteiger partial charge in [-0.3, -0.25) is 14.5 Å². The number of amides is 2. The third kappa shape index (κ3) is 4.15. The number of nitrogens with one attached hydrogen (secondary N) is 2. The van der Waals surface area contributed by atoms with E-state index in [4.69, 9.17) is 0 Å². The maximum absolute atomic E-state index is 12.5. The van der Waals surface area contributed by atoms with Crippen molar-refractivity contribution in [3.8, 4) is 0 Å². The number of aryl methyl sites for hydroxylation is 3. The lowest BCUT2D eigenvalue weighted by atomic mass is 10.0. The van der Waals surface area contributed by atoms with E-state index in [0.717, 1.165) is 29.5 Å². The van der Waals surface area contributed by atoms with E-state index in [2.05, 4.69) is 28.5 Å². The normalized spacial score (nSPS) is 20.9. The Morgan fingerprint density at radius 1 is 1.08 bits per heavy atom. The van der Waals surface area contributed by atoms with Crippen LogP contribution < -0.4 is 10.6 Å². The SMILES string of the molecule is CNC(=O)C[C@H]1CC[C@@H](CNC(=O)c2cc(C)c(C)cc2C)N1C. The van der Waals surface area contributed by atoms with Crippen molar-refractivity contribution in [2.45, 2.75) is 52.1 Å². The summed E-state index contributed by atoms with van der Waals surface area (Å²) in [6, 6.07) is 4.57. The van der Waals surface area contributed by atoms with Crippen LogP contribution in [0.5, 0.6) is 0 Å². The van der Waals surface area contributed by atoms with Gasteiger partial charge in [0.2, 0.25) is 5.91 Å². The zero-order valence-electron chi connectivity index (χ0n) is 15.4. The number of hydrogen-bond donors (Lipinski definition) is 2. The molecule has 2 amide bonds. The molecule has 132 valence electrons. The van der Waals surface area contributed by atoms with Crippen LogP contribution in [0.3, 0.4) is 0 Å². The molecule has 1 aromatic carbocycles. The highest BCUT2D eigenvalue weighted by Crippen LogP contribution is 2.24. The average molecular weight is 331 g/mol. The summed E-state index contributed by atoms with van der Waals surface area (Å²) in [6.45, 7) is 6.68. The predicted molar refractivity (Wildman–Crippen MR) is 96.2 cm³/mol. The van der Waals surface area contributed by atoms with Gasteiger partial charge in [0, 0.05) is 37.7 Å². The molecule has 0 unspecified atom stereocenters. The Hall–Kier alpha value is -1.88. The summed E-state index contributed by atoms with van der Waals surface area (Å²) in [6.07, 6.45) is 2.52. The molecule has 0 aromatic heterocycles. The van der Waals surface area contributed by atoms with Gasteiger partial charge in [0.15, 0.2) is 0 Å². The van der Waals surface area contributed by atoms with Crippen LogP contribution in [-0.2, 0) is 4.79 Å². The number of carbonyl (C=O) groups is 2. The minimum atomic E-state index is -0.0150. The van der Waals surface area contributed by atoms with E-state index in [0.29, 0.717) is 13.0 Å².